The van der Waals surface area contributed by atoms with Crippen LogP contribution in [0.1, 0.15) is 23.6 Å². The molecule has 0 spiro atoms. The molecule has 1 atom stereocenters. The number of halogens is 2. The van der Waals surface area contributed by atoms with E-state index in [0.29, 0.717) is 5.02 Å². The zero-order valence-electron chi connectivity index (χ0n) is 14.8. The molecule has 0 aliphatic carbocycles. The van der Waals surface area contributed by atoms with Crippen LogP contribution in [0, 0.1) is 0 Å². The van der Waals surface area contributed by atoms with Crippen LogP contribution < -0.4 is 9.75 Å². The van der Waals surface area contributed by atoms with Crippen molar-refractivity contribution in [1.82, 2.24) is 0 Å². The van der Waals surface area contributed by atoms with Crippen LogP contribution in [-0.4, -0.2) is 12.8 Å². The van der Waals surface area contributed by atoms with E-state index >= 15 is 0 Å². The third-order valence-electron chi connectivity index (χ3n) is 4.69. The van der Waals surface area contributed by atoms with E-state index in [1.807, 2.05) is 53.5 Å². The van der Waals surface area contributed by atoms with Crippen LogP contribution in [0.5, 0.6) is 5.75 Å². The molecule has 0 aromatic heterocycles. The molecule has 0 saturated carbocycles. The van der Waals surface area contributed by atoms with Crippen LogP contribution in [0.4, 0.5) is 5.69 Å². The van der Waals surface area contributed by atoms with Crippen LogP contribution >= 0.6 is 27.5 Å². The molecule has 27 heavy (non-hydrogen) atoms. The first kappa shape index (κ1) is 18.1. The van der Waals surface area contributed by atoms with Gasteiger partial charge in [0, 0.05) is 10.9 Å². The Morgan fingerprint density at radius 1 is 1.00 bits per heavy atom. The number of nitrogens with zero attached hydrogens (tertiary/aromatic N) is 2. The summed E-state index contributed by atoms with van der Waals surface area (Å²) in [5.74, 6) is 0.843. The number of rotatable bonds is 4. The van der Waals surface area contributed by atoms with Crippen molar-refractivity contribution in [3.8, 4) is 5.75 Å². The second-order valence-corrected chi connectivity index (χ2v) is 7.67. The highest BCUT2D eigenvalue weighted by molar-refractivity contribution is 9.10. The Morgan fingerprint density at radius 3 is 2.37 bits per heavy atom. The molecule has 1 aliphatic heterocycles. The molecule has 1 unspecified atom stereocenters. The van der Waals surface area contributed by atoms with E-state index in [0.717, 1.165) is 33.6 Å². The standard InChI is InChI=1S/C22H18BrClN2O/c1-27-18-12-8-16(9-13-18)22-14-20(15-6-10-17(23)11-7-15)25-26(22)21-5-3-2-4-19(21)24/h2-13,22H,14H2,1H3. The van der Waals surface area contributed by atoms with Crippen molar-refractivity contribution in [3.63, 3.8) is 0 Å². The maximum atomic E-state index is 6.48. The van der Waals surface area contributed by atoms with Gasteiger partial charge in [-0.05, 0) is 47.5 Å². The van der Waals surface area contributed by atoms with Crippen LogP contribution in [0.2, 0.25) is 5.02 Å². The fraction of sp³-hybridized carbons (Fsp3) is 0.136. The number of para-hydroxylation sites is 1. The summed E-state index contributed by atoms with van der Waals surface area (Å²) in [6, 6.07) is 24.3. The van der Waals surface area contributed by atoms with Gasteiger partial charge in [0.15, 0.2) is 0 Å². The van der Waals surface area contributed by atoms with Crippen molar-refractivity contribution in [2.45, 2.75) is 12.5 Å². The Labute approximate surface area is 172 Å². The van der Waals surface area contributed by atoms with Gasteiger partial charge in [-0.2, -0.15) is 5.10 Å². The highest BCUT2D eigenvalue weighted by Crippen LogP contribution is 2.40. The van der Waals surface area contributed by atoms with E-state index in [1.165, 1.54) is 5.56 Å². The number of ether oxygens (including phenoxy) is 1. The summed E-state index contributed by atoms with van der Waals surface area (Å²) in [6.45, 7) is 0. The highest BCUT2D eigenvalue weighted by atomic mass is 79.9. The molecule has 136 valence electrons. The SMILES string of the molecule is COc1ccc(C2CC(c3ccc(Br)cc3)=NN2c2ccccc2Cl)cc1. The second kappa shape index (κ2) is 7.75. The Morgan fingerprint density at radius 2 is 1.70 bits per heavy atom. The second-order valence-electron chi connectivity index (χ2n) is 6.34. The zero-order chi connectivity index (χ0) is 18.8. The van der Waals surface area contributed by atoms with E-state index < -0.39 is 0 Å². The Hall–Kier alpha value is -2.30. The average molecular weight is 442 g/mol. The average Bonchev–Trinajstić information content (AvgIpc) is 3.14. The van der Waals surface area contributed by atoms with Crippen LogP contribution in [0.15, 0.2) is 82.4 Å². The monoisotopic (exact) mass is 440 g/mol. The number of anilines is 1. The van der Waals surface area contributed by atoms with E-state index in [-0.39, 0.29) is 6.04 Å². The lowest BCUT2D eigenvalue weighted by molar-refractivity contribution is 0.414. The molecule has 0 saturated heterocycles. The molecule has 3 nitrogen and oxygen atoms in total. The number of hydrazone groups is 1. The molecule has 1 heterocycles. The van der Waals surface area contributed by atoms with Gasteiger partial charge in [0.1, 0.15) is 5.75 Å². The number of hydrogen-bond acceptors (Lipinski definition) is 3. The molecule has 3 aromatic carbocycles. The molecule has 0 fully saturated rings. The molecule has 0 amide bonds. The Balaban J connectivity index is 1.75. The van der Waals surface area contributed by atoms with Gasteiger partial charge in [-0.1, -0.05) is 63.9 Å². The lowest BCUT2D eigenvalue weighted by atomic mass is 9.98. The zero-order valence-corrected chi connectivity index (χ0v) is 17.1. The van der Waals surface area contributed by atoms with E-state index in [9.17, 15) is 0 Å². The summed E-state index contributed by atoms with van der Waals surface area (Å²) >= 11 is 9.98. The van der Waals surface area contributed by atoms with Gasteiger partial charge in [0.2, 0.25) is 0 Å². The van der Waals surface area contributed by atoms with Gasteiger partial charge in [-0.15, -0.1) is 0 Å². The maximum Gasteiger partial charge on any atom is 0.118 e. The van der Waals surface area contributed by atoms with Crippen molar-refractivity contribution in [2.75, 3.05) is 12.1 Å². The van der Waals surface area contributed by atoms with Crippen LogP contribution in [-0.2, 0) is 0 Å². The summed E-state index contributed by atoms with van der Waals surface area (Å²) in [4.78, 5) is 0. The molecule has 3 aromatic rings. The van der Waals surface area contributed by atoms with Crippen LogP contribution in [0.3, 0.4) is 0 Å². The first-order valence-electron chi connectivity index (χ1n) is 8.67. The van der Waals surface area contributed by atoms with Gasteiger partial charge in [-0.3, -0.25) is 5.01 Å². The maximum absolute atomic E-state index is 6.48. The quantitative estimate of drug-likeness (QED) is 0.464. The molecular formula is C22H18BrClN2O. The summed E-state index contributed by atoms with van der Waals surface area (Å²) in [6.07, 6.45) is 0.805. The van der Waals surface area contributed by atoms with Gasteiger partial charge in [0.05, 0.1) is 29.6 Å². The molecule has 5 heteroatoms. The third kappa shape index (κ3) is 3.73. The third-order valence-corrected chi connectivity index (χ3v) is 5.54. The van der Waals surface area contributed by atoms with Gasteiger partial charge >= 0.3 is 0 Å². The van der Waals surface area contributed by atoms with Crippen molar-refractivity contribution in [1.29, 1.82) is 0 Å². The molecule has 0 bridgehead atoms. The fourth-order valence-corrected chi connectivity index (χ4v) is 3.76. The highest BCUT2D eigenvalue weighted by Gasteiger charge is 2.30. The van der Waals surface area contributed by atoms with E-state index in [2.05, 4.69) is 40.2 Å². The van der Waals surface area contributed by atoms with Gasteiger partial charge in [0.25, 0.3) is 0 Å². The van der Waals surface area contributed by atoms with Gasteiger partial charge < -0.3 is 4.74 Å². The minimum absolute atomic E-state index is 0.0782. The largest absolute Gasteiger partial charge is 0.497 e. The first-order valence-corrected chi connectivity index (χ1v) is 9.84. The smallest absolute Gasteiger partial charge is 0.118 e. The molecule has 4 rings (SSSR count). The number of benzene rings is 3. The van der Waals surface area contributed by atoms with Crippen molar-refractivity contribution in [3.05, 3.63) is 93.4 Å². The number of hydrogen-bond donors (Lipinski definition) is 0. The summed E-state index contributed by atoms with van der Waals surface area (Å²) in [5.41, 5.74) is 4.24. The molecular weight excluding hydrogens is 424 g/mol. The normalized spacial score (nSPS) is 16.3. The predicted octanol–water partition coefficient (Wildman–Crippen LogP) is 6.47. The summed E-state index contributed by atoms with van der Waals surface area (Å²) in [7, 11) is 1.68. The minimum Gasteiger partial charge on any atom is -0.497 e. The minimum atomic E-state index is 0.0782. The Kier molecular flexibility index (Phi) is 5.19. The molecule has 1 aliphatic rings. The first-order chi connectivity index (χ1) is 13.2. The lowest BCUT2D eigenvalue weighted by Gasteiger charge is -2.25. The van der Waals surface area contributed by atoms with Gasteiger partial charge in [-0.25, -0.2) is 0 Å². The van der Waals surface area contributed by atoms with Crippen LogP contribution in [0.25, 0.3) is 0 Å². The number of methoxy groups -OCH3 is 1. The fourth-order valence-electron chi connectivity index (χ4n) is 3.27. The molecule has 0 N–H and O–H groups in total. The summed E-state index contributed by atoms with van der Waals surface area (Å²) in [5, 5.41) is 7.66. The lowest BCUT2D eigenvalue weighted by Crippen LogP contribution is -2.18. The van der Waals surface area contributed by atoms with Crippen molar-refractivity contribution in [2.24, 2.45) is 5.10 Å². The van der Waals surface area contributed by atoms with E-state index in [1.54, 1.807) is 7.11 Å². The Bertz CT molecular complexity index is 970. The van der Waals surface area contributed by atoms with Crippen molar-refractivity contribution < 1.29 is 4.74 Å². The molecule has 0 radical (unpaired) electrons. The van der Waals surface area contributed by atoms with Crippen molar-refractivity contribution >= 4 is 38.9 Å². The predicted molar refractivity (Wildman–Crippen MR) is 115 cm³/mol. The topological polar surface area (TPSA) is 24.8 Å². The summed E-state index contributed by atoms with van der Waals surface area (Å²) < 4.78 is 6.35. The van der Waals surface area contributed by atoms with E-state index in [4.69, 9.17) is 21.4 Å².